The molecule has 0 atom stereocenters. The number of nitrogens with zero attached hydrogens (tertiary/aromatic N) is 1. The van der Waals surface area contributed by atoms with Gasteiger partial charge in [-0.3, -0.25) is 0 Å². The number of rotatable bonds is 3. The molecule has 0 saturated heterocycles. The Kier molecular flexibility index (Phi) is 6.07. The summed E-state index contributed by atoms with van der Waals surface area (Å²) in [5.74, 6) is 1.50. The third-order valence-electron chi connectivity index (χ3n) is 3.99. The number of thiazole rings is 1. The first-order chi connectivity index (χ1) is 12.1. The molecule has 0 aliphatic carbocycles. The van der Waals surface area contributed by atoms with Gasteiger partial charge in [0.25, 0.3) is 5.01 Å². The molecule has 6 heteroatoms. The highest BCUT2D eigenvalue weighted by molar-refractivity contribution is 7.18. The van der Waals surface area contributed by atoms with Gasteiger partial charge in [0.05, 0.1) is 5.02 Å². The van der Waals surface area contributed by atoms with Gasteiger partial charge in [-0.15, -0.1) is 0 Å². The SMILES string of the molecule is C[n+]1c(/C=C/c2ccc(-c3ccc(Cl)cc3Cl)o2)sc2ccccc21.[I-]. The first-order valence-electron chi connectivity index (χ1n) is 7.73. The lowest BCUT2D eigenvalue weighted by atomic mass is 10.2. The number of para-hydroxylation sites is 1. The molecule has 0 aliphatic heterocycles. The normalized spacial score (nSPS) is 11.2. The average Bonchev–Trinajstić information content (AvgIpc) is 3.18. The second kappa shape index (κ2) is 8.13. The minimum absolute atomic E-state index is 0. The van der Waals surface area contributed by atoms with Crippen LogP contribution in [0.1, 0.15) is 10.8 Å². The van der Waals surface area contributed by atoms with Gasteiger partial charge in [-0.2, -0.15) is 4.57 Å². The van der Waals surface area contributed by atoms with E-state index < -0.39 is 0 Å². The molecule has 2 heterocycles. The molecule has 0 radical (unpaired) electrons. The highest BCUT2D eigenvalue weighted by atomic mass is 127. The maximum Gasteiger partial charge on any atom is 0.262 e. The molecule has 26 heavy (non-hydrogen) atoms. The minimum Gasteiger partial charge on any atom is -1.00 e. The van der Waals surface area contributed by atoms with Gasteiger partial charge in [0, 0.05) is 22.7 Å². The van der Waals surface area contributed by atoms with Crippen LogP contribution in [0.4, 0.5) is 0 Å². The Hall–Kier alpha value is -1.34. The molecule has 4 rings (SSSR count). The van der Waals surface area contributed by atoms with Gasteiger partial charge in [0.15, 0.2) is 0 Å². The number of hydrogen-bond donors (Lipinski definition) is 0. The van der Waals surface area contributed by atoms with Crippen molar-refractivity contribution in [3.05, 3.63) is 75.4 Å². The van der Waals surface area contributed by atoms with Crippen LogP contribution in [0.25, 0.3) is 33.7 Å². The van der Waals surface area contributed by atoms with Crippen LogP contribution in [0.5, 0.6) is 0 Å². The highest BCUT2D eigenvalue weighted by Gasteiger charge is 2.14. The van der Waals surface area contributed by atoms with E-state index in [1.165, 1.54) is 10.2 Å². The fourth-order valence-electron chi connectivity index (χ4n) is 2.70. The fourth-order valence-corrected chi connectivity index (χ4v) is 4.25. The highest BCUT2D eigenvalue weighted by Crippen LogP contribution is 2.32. The Balaban J connectivity index is 0.00000196. The molecule has 2 nitrogen and oxygen atoms in total. The number of fused-ring (bicyclic) bond motifs is 1. The van der Waals surface area contributed by atoms with Crippen molar-refractivity contribution in [1.82, 2.24) is 0 Å². The second-order valence-corrected chi connectivity index (χ2v) is 7.53. The maximum absolute atomic E-state index is 6.25. The summed E-state index contributed by atoms with van der Waals surface area (Å²) in [5.41, 5.74) is 2.05. The van der Waals surface area contributed by atoms with Crippen molar-refractivity contribution in [2.45, 2.75) is 0 Å². The van der Waals surface area contributed by atoms with E-state index >= 15 is 0 Å². The van der Waals surface area contributed by atoms with E-state index in [1.54, 1.807) is 23.5 Å². The monoisotopic (exact) mass is 513 g/mol. The van der Waals surface area contributed by atoms with E-state index in [4.69, 9.17) is 27.6 Å². The van der Waals surface area contributed by atoms with E-state index in [1.807, 2.05) is 24.3 Å². The maximum atomic E-state index is 6.25. The second-order valence-electron chi connectivity index (χ2n) is 5.63. The number of hydrogen-bond acceptors (Lipinski definition) is 2. The van der Waals surface area contributed by atoms with Crippen molar-refractivity contribution < 1.29 is 33.0 Å². The zero-order valence-electron chi connectivity index (χ0n) is 13.7. The molecule has 0 unspecified atom stereocenters. The van der Waals surface area contributed by atoms with Crippen molar-refractivity contribution in [2.24, 2.45) is 7.05 Å². The van der Waals surface area contributed by atoms with Gasteiger partial charge in [0.2, 0.25) is 5.52 Å². The van der Waals surface area contributed by atoms with Crippen LogP contribution in [0.3, 0.4) is 0 Å². The Labute approximate surface area is 182 Å². The molecule has 0 N–H and O–H groups in total. The standard InChI is InChI=1S/C20H14Cl2NOS.HI/c1-23-17-4-2-3-5-19(17)25-20(23)11-8-14-7-10-18(24-14)15-9-6-13(21)12-16(15)22;/h2-12H,1H3;1H/q+1;/p-1/b11-8+;. The summed E-state index contributed by atoms with van der Waals surface area (Å²) in [7, 11) is 2.07. The molecule has 0 spiro atoms. The van der Waals surface area contributed by atoms with Crippen molar-refractivity contribution in [3.63, 3.8) is 0 Å². The van der Waals surface area contributed by atoms with Crippen molar-refractivity contribution in [1.29, 1.82) is 0 Å². The smallest absolute Gasteiger partial charge is 0.262 e. The molecule has 0 saturated carbocycles. The molecule has 0 bridgehead atoms. The summed E-state index contributed by atoms with van der Waals surface area (Å²) in [5, 5.41) is 2.34. The van der Waals surface area contributed by atoms with E-state index in [-0.39, 0.29) is 24.0 Å². The fraction of sp³-hybridized carbons (Fsp3) is 0.0500. The van der Waals surface area contributed by atoms with Gasteiger partial charge in [-0.25, -0.2) is 0 Å². The van der Waals surface area contributed by atoms with Crippen molar-refractivity contribution in [2.75, 3.05) is 0 Å². The van der Waals surface area contributed by atoms with Crippen molar-refractivity contribution >= 4 is 56.9 Å². The lowest BCUT2D eigenvalue weighted by Crippen LogP contribution is -3.00. The molecular weight excluding hydrogens is 500 g/mol. The Bertz CT molecular complexity index is 1100. The Morgan fingerprint density at radius 1 is 1.00 bits per heavy atom. The van der Waals surface area contributed by atoms with E-state index in [0.717, 1.165) is 22.1 Å². The van der Waals surface area contributed by atoms with E-state index in [0.29, 0.717) is 10.0 Å². The van der Waals surface area contributed by atoms with Gasteiger partial charge < -0.3 is 28.4 Å². The number of furan rings is 1. The van der Waals surface area contributed by atoms with Gasteiger partial charge in [-0.05, 0) is 42.5 Å². The first kappa shape index (κ1) is 19.4. The molecule has 0 aliphatic rings. The van der Waals surface area contributed by atoms with Crippen LogP contribution in [0, 0.1) is 0 Å². The average molecular weight is 514 g/mol. The van der Waals surface area contributed by atoms with Crippen LogP contribution >= 0.6 is 34.5 Å². The molecule has 0 amide bonds. The number of halogens is 3. The predicted octanol–water partition coefficient (Wildman–Crippen LogP) is 3.47. The van der Waals surface area contributed by atoms with Crippen LogP contribution < -0.4 is 28.5 Å². The van der Waals surface area contributed by atoms with Crippen LogP contribution in [0.15, 0.2) is 59.0 Å². The first-order valence-corrected chi connectivity index (χ1v) is 9.30. The molecular formula is C20H14Cl2INOS. The third-order valence-corrected chi connectivity index (χ3v) is 5.72. The van der Waals surface area contributed by atoms with Crippen LogP contribution in [-0.4, -0.2) is 0 Å². The zero-order valence-corrected chi connectivity index (χ0v) is 18.2. The Morgan fingerprint density at radius 2 is 1.81 bits per heavy atom. The Morgan fingerprint density at radius 3 is 2.58 bits per heavy atom. The lowest BCUT2D eigenvalue weighted by molar-refractivity contribution is -0.642. The van der Waals surface area contributed by atoms with Gasteiger partial charge in [-0.1, -0.05) is 46.7 Å². The number of aryl methyl sites for hydroxylation is 1. The topological polar surface area (TPSA) is 17.0 Å². The summed E-state index contributed by atoms with van der Waals surface area (Å²) < 4.78 is 9.35. The predicted molar refractivity (Wildman–Crippen MR) is 106 cm³/mol. The van der Waals surface area contributed by atoms with Gasteiger partial charge in [0.1, 0.15) is 23.3 Å². The largest absolute Gasteiger partial charge is 1.00 e. The summed E-state index contributed by atoms with van der Waals surface area (Å²) >= 11 is 13.9. The van der Waals surface area contributed by atoms with Crippen LogP contribution in [0.2, 0.25) is 10.0 Å². The van der Waals surface area contributed by atoms with Crippen molar-refractivity contribution in [3.8, 4) is 11.3 Å². The third kappa shape index (κ3) is 3.83. The molecule has 2 aromatic heterocycles. The molecule has 4 aromatic rings. The zero-order chi connectivity index (χ0) is 17.4. The molecule has 2 aromatic carbocycles. The minimum atomic E-state index is 0. The molecule has 132 valence electrons. The summed E-state index contributed by atoms with van der Waals surface area (Å²) in [6, 6.07) is 17.6. The van der Waals surface area contributed by atoms with E-state index in [2.05, 4.69) is 42.0 Å². The lowest BCUT2D eigenvalue weighted by Gasteiger charge is -2.00. The quantitative estimate of drug-likeness (QED) is 0.303. The molecule has 0 fully saturated rings. The van der Waals surface area contributed by atoms with Gasteiger partial charge >= 0.3 is 0 Å². The number of benzene rings is 2. The summed E-state index contributed by atoms with van der Waals surface area (Å²) in [6.07, 6.45) is 4.04. The number of aromatic nitrogens is 1. The summed E-state index contributed by atoms with van der Waals surface area (Å²) in [6.45, 7) is 0. The summed E-state index contributed by atoms with van der Waals surface area (Å²) in [4.78, 5) is 0. The van der Waals surface area contributed by atoms with E-state index in [9.17, 15) is 0 Å². The van der Waals surface area contributed by atoms with Crippen LogP contribution in [-0.2, 0) is 7.05 Å².